The Balaban J connectivity index is 1.95. The third-order valence-corrected chi connectivity index (χ3v) is 7.15. The summed E-state index contributed by atoms with van der Waals surface area (Å²) in [6.45, 7) is 14.3. The Kier molecular flexibility index (Phi) is 7.04. The highest BCUT2D eigenvalue weighted by molar-refractivity contribution is 9.10. The van der Waals surface area contributed by atoms with Crippen molar-refractivity contribution in [1.29, 1.82) is 0 Å². The Labute approximate surface area is 216 Å². The van der Waals surface area contributed by atoms with Crippen LogP contribution in [0.4, 0.5) is 5.82 Å². The van der Waals surface area contributed by atoms with E-state index in [9.17, 15) is 4.79 Å². The van der Waals surface area contributed by atoms with Crippen molar-refractivity contribution in [3.05, 3.63) is 52.1 Å². The van der Waals surface area contributed by atoms with Gasteiger partial charge in [0.1, 0.15) is 11.5 Å². The summed E-state index contributed by atoms with van der Waals surface area (Å²) in [5.41, 5.74) is 4.33. The molecule has 7 heteroatoms. The molecular formula is C28H36BrN3O3. The number of imidazole rings is 1. The summed E-state index contributed by atoms with van der Waals surface area (Å²) in [4.78, 5) is 20.4. The molecule has 0 radical (unpaired) electrons. The van der Waals surface area contributed by atoms with Crippen molar-refractivity contribution in [2.75, 3.05) is 25.1 Å². The van der Waals surface area contributed by atoms with Crippen molar-refractivity contribution in [3.8, 4) is 11.3 Å². The van der Waals surface area contributed by atoms with Gasteiger partial charge in [-0.2, -0.15) is 0 Å². The first-order valence-electron chi connectivity index (χ1n) is 12.2. The zero-order valence-corrected chi connectivity index (χ0v) is 23.4. The van der Waals surface area contributed by atoms with Crippen LogP contribution in [0.15, 0.2) is 41.0 Å². The molecule has 1 aliphatic rings. The molecule has 3 heterocycles. The molecular weight excluding hydrogens is 506 g/mol. The van der Waals surface area contributed by atoms with Crippen LogP contribution < -0.4 is 4.90 Å². The summed E-state index contributed by atoms with van der Waals surface area (Å²) in [6, 6.07) is 10.2. The fourth-order valence-electron chi connectivity index (χ4n) is 4.69. The van der Waals surface area contributed by atoms with E-state index in [1.165, 1.54) is 7.11 Å². The van der Waals surface area contributed by atoms with Gasteiger partial charge in [0.15, 0.2) is 6.10 Å². The molecule has 188 valence electrons. The average molecular weight is 543 g/mol. The third kappa shape index (κ3) is 5.56. The normalized spacial score (nSPS) is 17.0. The number of pyridine rings is 1. The molecule has 1 aromatic carbocycles. The fraction of sp³-hybridized carbons (Fsp3) is 0.500. The lowest BCUT2D eigenvalue weighted by Gasteiger charge is -2.40. The summed E-state index contributed by atoms with van der Waals surface area (Å²) >= 11 is 3.57. The number of hydrogen-bond donors (Lipinski definition) is 0. The minimum Gasteiger partial charge on any atom is -0.467 e. The number of benzene rings is 1. The van der Waals surface area contributed by atoms with Gasteiger partial charge in [-0.15, -0.1) is 0 Å². The van der Waals surface area contributed by atoms with Gasteiger partial charge in [-0.25, -0.2) is 9.78 Å². The molecule has 1 unspecified atom stereocenters. The number of halogens is 1. The maximum atomic E-state index is 13.1. The first-order chi connectivity index (χ1) is 16.4. The lowest BCUT2D eigenvalue weighted by atomic mass is 9.82. The molecule has 35 heavy (non-hydrogen) atoms. The van der Waals surface area contributed by atoms with E-state index in [-0.39, 0.29) is 0 Å². The quantitative estimate of drug-likeness (QED) is 0.335. The summed E-state index contributed by atoms with van der Waals surface area (Å²) in [5.74, 6) is 0.567. The van der Waals surface area contributed by atoms with Crippen LogP contribution in [0.3, 0.4) is 0 Å². The van der Waals surface area contributed by atoms with Crippen molar-refractivity contribution < 1.29 is 14.3 Å². The van der Waals surface area contributed by atoms with Gasteiger partial charge >= 0.3 is 5.97 Å². The van der Waals surface area contributed by atoms with Crippen molar-refractivity contribution in [2.24, 2.45) is 5.41 Å². The topological polar surface area (TPSA) is 56.1 Å². The van der Waals surface area contributed by atoms with Crippen molar-refractivity contribution in [1.82, 2.24) is 9.38 Å². The molecule has 0 bridgehead atoms. The highest BCUT2D eigenvalue weighted by Gasteiger charge is 2.36. The number of ether oxygens (including phenoxy) is 2. The van der Waals surface area contributed by atoms with Crippen LogP contribution in [0.1, 0.15) is 64.7 Å². The Hall–Kier alpha value is -2.38. The van der Waals surface area contributed by atoms with E-state index >= 15 is 0 Å². The number of rotatable bonds is 5. The second-order valence-electron chi connectivity index (χ2n) is 11.2. The van der Waals surface area contributed by atoms with Gasteiger partial charge in [0, 0.05) is 34.9 Å². The fourth-order valence-corrected chi connectivity index (χ4v) is 5.09. The summed E-state index contributed by atoms with van der Waals surface area (Å²) in [5, 5.41) is 0. The SMILES string of the molecule is COC(=O)C(OC(C)(C)C)c1c(C)cc2nc(-c3cccc(Br)c3)cn2c1N1CCC(C)(C)CC1. The number of carbonyl (C=O) groups excluding carboxylic acids is 1. The molecule has 0 saturated carbocycles. The number of anilines is 1. The number of methoxy groups -OCH3 is 1. The van der Waals surface area contributed by atoms with Gasteiger partial charge in [-0.05, 0) is 69.7 Å². The largest absolute Gasteiger partial charge is 0.467 e. The van der Waals surface area contributed by atoms with E-state index in [0.29, 0.717) is 5.41 Å². The molecule has 1 atom stereocenters. The lowest BCUT2D eigenvalue weighted by molar-refractivity contribution is -0.164. The van der Waals surface area contributed by atoms with Crippen molar-refractivity contribution in [2.45, 2.75) is 66.1 Å². The highest BCUT2D eigenvalue weighted by atomic mass is 79.9. The van der Waals surface area contributed by atoms with Gasteiger partial charge < -0.3 is 14.4 Å². The zero-order chi connectivity index (χ0) is 25.5. The molecule has 1 saturated heterocycles. The zero-order valence-electron chi connectivity index (χ0n) is 21.8. The van der Waals surface area contributed by atoms with E-state index < -0.39 is 17.7 Å². The molecule has 0 spiro atoms. The predicted octanol–water partition coefficient (Wildman–Crippen LogP) is 6.73. The number of hydrogen-bond acceptors (Lipinski definition) is 5. The summed E-state index contributed by atoms with van der Waals surface area (Å²) in [6.07, 6.45) is 3.36. The monoisotopic (exact) mass is 541 g/mol. The standard InChI is InChI=1S/C28H36BrN3O3/c1-18-15-22-30-21(19-9-8-10-20(29)16-19)17-32(22)25(31-13-11-28(5,6)12-14-31)23(18)24(26(33)34-7)35-27(2,3)4/h8-10,15-17,24H,11-14H2,1-7H3. The predicted molar refractivity (Wildman–Crippen MR) is 144 cm³/mol. The second-order valence-corrected chi connectivity index (χ2v) is 12.1. The molecule has 1 aliphatic heterocycles. The van der Waals surface area contributed by atoms with E-state index in [4.69, 9.17) is 14.5 Å². The first-order valence-corrected chi connectivity index (χ1v) is 13.0. The van der Waals surface area contributed by atoms with Crippen LogP contribution in [0.25, 0.3) is 16.9 Å². The average Bonchev–Trinajstić information content (AvgIpc) is 3.19. The molecule has 4 rings (SSSR count). The number of aromatic nitrogens is 2. The third-order valence-electron chi connectivity index (χ3n) is 6.66. The number of nitrogens with zero attached hydrogens (tertiary/aromatic N) is 3. The number of piperidine rings is 1. The van der Waals surface area contributed by atoms with Crippen molar-refractivity contribution >= 4 is 33.4 Å². The van der Waals surface area contributed by atoms with Crippen LogP contribution in [-0.2, 0) is 14.3 Å². The minimum absolute atomic E-state index is 0.291. The Morgan fingerprint density at radius 2 is 1.86 bits per heavy atom. The molecule has 0 N–H and O–H groups in total. The van der Waals surface area contributed by atoms with Crippen LogP contribution in [0.5, 0.6) is 0 Å². The van der Waals surface area contributed by atoms with Gasteiger partial charge in [0.2, 0.25) is 0 Å². The van der Waals surface area contributed by atoms with Gasteiger partial charge in [0.25, 0.3) is 0 Å². The molecule has 1 fully saturated rings. The first kappa shape index (κ1) is 25.7. The maximum absolute atomic E-state index is 13.1. The maximum Gasteiger partial charge on any atom is 0.339 e. The van der Waals surface area contributed by atoms with E-state index in [2.05, 4.69) is 57.4 Å². The van der Waals surface area contributed by atoms with E-state index in [1.807, 2.05) is 45.9 Å². The second kappa shape index (κ2) is 9.58. The van der Waals surface area contributed by atoms with Crippen LogP contribution in [0.2, 0.25) is 0 Å². The Morgan fingerprint density at radius 3 is 2.46 bits per heavy atom. The van der Waals surface area contributed by atoms with E-state index in [1.54, 1.807) is 0 Å². The summed E-state index contributed by atoms with van der Waals surface area (Å²) in [7, 11) is 1.42. The summed E-state index contributed by atoms with van der Waals surface area (Å²) < 4.78 is 14.7. The number of aryl methyl sites for hydroxylation is 1. The Morgan fingerprint density at radius 1 is 1.17 bits per heavy atom. The van der Waals surface area contributed by atoms with Gasteiger partial charge in [-0.3, -0.25) is 4.40 Å². The van der Waals surface area contributed by atoms with E-state index in [0.717, 1.165) is 64.3 Å². The molecule has 2 aromatic heterocycles. The Bertz CT molecular complexity index is 1230. The van der Waals surface area contributed by atoms with Gasteiger partial charge in [0.05, 0.1) is 18.4 Å². The van der Waals surface area contributed by atoms with Crippen LogP contribution >= 0.6 is 15.9 Å². The molecule has 0 amide bonds. The van der Waals surface area contributed by atoms with Crippen LogP contribution in [-0.4, -0.2) is 41.2 Å². The minimum atomic E-state index is -0.842. The number of carbonyl (C=O) groups is 1. The van der Waals surface area contributed by atoms with Crippen molar-refractivity contribution in [3.63, 3.8) is 0 Å². The molecule has 0 aliphatic carbocycles. The van der Waals surface area contributed by atoms with Crippen LogP contribution in [0, 0.1) is 12.3 Å². The molecule has 3 aromatic rings. The lowest BCUT2D eigenvalue weighted by Crippen LogP contribution is -2.40. The highest BCUT2D eigenvalue weighted by Crippen LogP contribution is 2.40. The molecule has 6 nitrogen and oxygen atoms in total. The smallest absolute Gasteiger partial charge is 0.339 e. The number of fused-ring (bicyclic) bond motifs is 1. The van der Waals surface area contributed by atoms with Gasteiger partial charge in [-0.1, -0.05) is 41.9 Å². The number of esters is 1.